The first-order chi connectivity index (χ1) is 9.48. The molecule has 0 heterocycles. The monoisotopic (exact) mass is 283 g/mol. The molecule has 4 heteroatoms. The molecule has 0 saturated heterocycles. The third-order valence-electron chi connectivity index (χ3n) is 5.52. The molecular formula is C16H33N3O. The molecule has 0 aromatic carbocycles. The summed E-state index contributed by atoms with van der Waals surface area (Å²) in [7, 11) is 6.63. The van der Waals surface area contributed by atoms with Gasteiger partial charge in [-0.05, 0) is 65.7 Å². The van der Waals surface area contributed by atoms with E-state index in [1.165, 1.54) is 32.1 Å². The maximum Gasteiger partial charge on any atom is 0.0628 e. The molecule has 20 heavy (non-hydrogen) atoms. The molecule has 1 unspecified atom stereocenters. The molecule has 4 nitrogen and oxygen atoms in total. The van der Waals surface area contributed by atoms with Gasteiger partial charge in [0.15, 0.2) is 0 Å². The van der Waals surface area contributed by atoms with Gasteiger partial charge in [-0.2, -0.15) is 0 Å². The molecule has 2 saturated carbocycles. The van der Waals surface area contributed by atoms with Crippen molar-refractivity contribution in [3.63, 3.8) is 0 Å². The van der Waals surface area contributed by atoms with Crippen molar-refractivity contribution in [3.05, 3.63) is 0 Å². The minimum atomic E-state index is -0.0826. The average Bonchev–Trinajstić information content (AvgIpc) is 3.17. The van der Waals surface area contributed by atoms with E-state index in [2.05, 4.69) is 43.2 Å². The number of nitrogens with zero attached hydrogens (tertiary/aromatic N) is 2. The van der Waals surface area contributed by atoms with Crippen molar-refractivity contribution >= 4 is 0 Å². The van der Waals surface area contributed by atoms with Crippen molar-refractivity contribution in [1.29, 1.82) is 0 Å². The van der Waals surface area contributed by atoms with Crippen LogP contribution in [0.2, 0.25) is 0 Å². The van der Waals surface area contributed by atoms with Crippen molar-refractivity contribution in [3.8, 4) is 0 Å². The van der Waals surface area contributed by atoms with Crippen molar-refractivity contribution in [2.45, 2.75) is 50.1 Å². The Kier molecular flexibility index (Phi) is 5.11. The summed E-state index contributed by atoms with van der Waals surface area (Å²) in [5.41, 5.74) is 0.284. The second-order valence-electron chi connectivity index (χ2n) is 7.26. The highest BCUT2D eigenvalue weighted by molar-refractivity contribution is 5.04. The van der Waals surface area contributed by atoms with E-state index in [-0.39, 0.29) is 12.1 Å². The van der Waals surface area contributed by atoms with E-state index >= 15 is 0 Å². The summed E-state index contributed by atoms with van der Waals surface area (Å²) >= 11 is 0. The Labute approximate surface area is 124 Å². The topological polar surface area (TPSA) is 38.7 Å². The molecule has 0 spiro atoms. The van der Waals surface area contributed by atoms with Crippen LogP contribution >= 0.6 is 0 Å². The lowest BCUT2D eigenvalue weighted by molar-refractivity contribution is 0.0117. The van der Waals surface area contributed by atoms with Crippen LogP contribution in [0, 0.1) is 5.92 Å². The number of nitrogens with one attached hydrogen (secondary N) is 1. The van der Waals surface area contributed by atoms with Crippen LogP contribution in [0.4, 0.5) is 0 Å². The molecule has 0 bridgehead atoms. The van der Waals surface area contributed by atoms with Crippen molar-refractivity contribution in [2.75, 3.05) is 47.4 Å². The highest BCUT2D eigenvalue weighted by Crippen LogP contribution is 2.41. The zero-order valence-corrected chi connectivity index (χ0v) is 13.8. The molecule has 0 aromatic heterocycles. The predicted octanol–water partition coefficient (Wildman–Crippen LogP) is 1.15. The summed E-state index contributed by atoms with van der Waals surface area (Å²) in [5, 5.41) is 13.5. The first-order valence-corrected chi connectivity index (χ1v) is 8.20. The van der Waals surface area contributed by atoms with E-state index in [9.17, 15) is 5.11 Å². The molecule has 2 aliphatic carbocycles. The molecule has 0 radical (unpaired) electrons. The van der Waals surface area contributed by atoms with Crippen LogP contribution in [0.25, 0.3) is 0 Å². The molecular weight excluding hydrogens is 250 g/mol. The Morgan fingerprint density at radius 1 is 1.25 bits per heavy atom. The number of hydrogen-bond acceptors (Lipinski definition) is 4. The average molecular weight is 283 g/mol. The predicted molar refractivity (Wildman–Crippen MR) is 84.0 cm³/mol. The van der Waals surface area contributed by atoms with E-state index in [1.807, 2.05) is 0 Å². The summed E-state index contributed by atoms with van der Waals surface area (Å²) in [6.45, 7) is 5.39. The highest BCUT2D eigenvalue weighted by atomic mass is 16.3. The number of aliphatic hydroxyl groups is 1. The fraction of sp³-hybridized carbons (Fsp3) is 1.00. The minimum Gasteiger partial charge on any atom is -0.394 e. The van der Waals surface area contributed by atoms with Crippen LogP contribution in [-0.2, 0) is 0 Å². The fourth-order valence-electron chi connectivity index (χ4n) is 3.92. The van der Waals surface area contributed by atoms with E-state index in [1.54, 1.807) is 0 Å². The van der Waals surface area contributed by atoms with E-state index in [0.717, 1.165) is 19.6 Å². The molecule has 1 atom stereocenters. The summed E-state index contributed by atoms with van der Waals surface area (Å²) in [5.74, 6) is 0.659. The van der Waals surface area contributed by atoms with Gasteiger partial charge in [-0.3, -0.25) is 0 Å². The number of likely N-dealkylation sites (N-methyl/N-ethyl adjacent to an activating group) is 3. The first-order valence-electron chi connectivity index (χ1n) is 8.20. The number of hydrogen-bond donors (Lipinski definition) is 2. The van der Waals surface area contributed by atoms with Gasteiger partial charge >= 0.3 is 0 Å². The van der Waals surface area contributed by atoms with Crippen molar-refractivity contribution < 1.29 is 5.11 Å². The Morgan fingerprint density at radius 3 is 2.25 bits per heavy atom. The van der Waals surface area contributed by atoms with Gasteiger partial charge in [0.25, 0.3) is 0 Å². The Hall–Kier alpha value is -0.160. The van der Waals surface area contributed by atoms with Crippen LogP contribution in [0.15, 0.2) is 0 Å². The zero-order valence-electron chi connectivity index (χ0n) is 13.8. The molecule has 2 fully saturated rings. The third-order valence-corrected chi connectivity index (χ3v) is 5.52. The molecule has 0 amide bonds. The summed E-state index contributed by atoms with van der Waals surface area (Å²) in [4.78, 5) is 4.84. The van der Waals surface area contributed by atoms with Crippen LogP contribution in [0.3, 0.4) is 0 Å². The van der Waals surface area contributed by atoms with Gasteiger partial charge in [0.1, 0.15) is 0 Å². The van der Waals surface area contributed by atoms with Gasteiger partial charge in [0.05, 0.1) is 12.1 Å². The maximum atomic E-state index is 9.95. The lowest BCUT2D eigenvalue weighted by Crippen LogP contribution is -2.62. The quantitative estimate of drug-likeness (QED) is 0.666. The standard InChI is InChI=1S/C16H33N3O/c1-5-17-16(13-20,14-7-8-14)12-19(4)11-15(18(2)3)9-6-10-15/h14,17,20H,5-13H2,1-4H3. The van der Waals surface area contributed by atoms with Crippen molar-refractivity contribution in [1.82, 2.24) is 15.1 Å². The molecule has 0 aliphatic heterocycles. The lowest BCUT2D eigenvalue weighted by Gasteiger charge is -2.50. The van der Waals surface area contributed by atoms with Gasteiger partial charge in [-0.1, -0.05) is 6.92 Å². The van der Waals surface area contributed by atoms with Crippen LogP contribution < -0.4 is 5.32 Å². The SMILES string of the molecule is CCNC(CO)(CN(C)CC1(N(C)C)CCC1)C1CC1. The van der Waals surface area contributed by atoms with Crippen LogP contribution in [-0.4, -0.2) is 73.4 Å². The van der Waals surface area contributed by atoms with Gasteiger partial charge < -0.3 is 20.2 Å². The van der Waals surface area contributed by atoms with Crippen LogP contribution in [0.5, 0.6) is 0 Å². The van der Waals surface area contributed by atoms with Crippen LogP contribution in [0.1, 0.15) is 39.0 Å². The van der Waals surface area contributed by atoms with Gasteiger partial charge in [0.2, 0.25) is 0 Å². The number of rotatable bonds is 9. The summed E-state index contributed by atoms with van der Waals surface area (Å²) < 4.78 is 0. The normalized spacial score (nSPS) is 24.8. The molecule has 2 N–H and O–H groups in total. The van der Waals surface area contributed by atoms with Gasteiger partial charge in [-0.15, -0.1) is 0 Å². The first kappa shape index (κ1) is 16.2. The Balaban J connectivity index is 1.96. The lowest BCUT2D eigenvalue weighted by atomic mass is 9.75. The smallest absolute Gasteiger partial charge is 0.0628 e. The van der Waals surface area contributed by atoms with E-state index in [4.69, 9.17) is 0 Å². The zero-order chi connectivity index (χ0) is 14.8. The Morgan fingerprint density at radius 2 is 1.90 bits per heavy atom. The highest BCUT2D eigenvalue weighted by Gasteiger charge is 2.46. The maximum absolute atomic E-state index is 9.95. The van der Waals surface area contributed by atoms with Gasteiger partial charge in [0, 0.05) is 18.6 Å². The fourth-order valence-corrected chi connectivity index (χ4v) is 3.92. The second kappa shape index (κ2) is 6.30. The third kappa shape index (κ3) is 3.19. The van der Waals surface area contributed by atoms with Crippen molar-refractivity contribution in [2.24, 2.45) is 5.92 Å². The number of aliphatic hydroxyl groups excluding tert-OH is 1. The largest absolute Gasteiger partial charge is 0.394 e. The Bertz CT molecular complexity index is 313. The second-order valence-corrected chi connectivity index (χ2v) is 7.26. The minimum absolute atomic E-state index is 0.0826. The van der Waals surface area contributed by atoms with E-state index in [0.29, 0.717) is 11.5 Å². The molecule has 0 aromatic rings. The summed E-state index contributed by atoms with van der Waals surface area (Å²) in [6.07, 6.45) is 6.50. The molecule has 2 rings (SSSR count). The van der Waals surface area contributed by atoms with E-state index < -0.39 is 0 Å². The summed E-state index contributed by atoms with van der Waals surface area (Å²) in [6, 6.07) is 0. The van der Waals surface area contributed by atoms with Gasteiger partial charge in [-0.25, -0.2) is 0 Å². The molecule has 2 aliphatic rings. The molecule has 118 valence electrons.